The summed E-state index contributed by atoms with van der Waals surface area (Å²) < 4.78 is 10.5. The summed E-state index contributed by atoms with van der Waals surface area (Å²) in [6, 6.07) is 8.16. The van der Waals surface area contributed by atoms with Crippen molar-refractivity contribution in [1.82, 2.24) is 10.6 Å². The maximum atomic E-state index is 11.6. The van der Waals surface area contributed by atoms with Crippen LogP contribution in [0.1, 0.15) is 13.3 Å². The molecule has 0 bridgehead atoms. The summed E-state index contributed by atoms with van der Waals surface area (Å²) in [4.78, 5) is 22.8. The van der Waals surface area contributed by atoms with Crippen molar-refractivity contribution >= 4 is 29.3 Å². The van der Waals surface area contributed by atoms with Gasteiger partial charge in [-0.2, -0.15) is 0 Å². The molecule has 2 rings (SSSR count). The Morgan fingerprint density at radius 2 is 1.96 bits per heavy atom. The monoisotopic (exact) mass is 340 g/mol. The average Bonchev–Trinajstić information content (AvgIpc) is 2.52. The van der Waals surface area contributed by atoms with Crippen LogP contribution < -0.4 is 21.0 Å². The van der Waals surface area contributed by atoms with Crippen LogP contribution >= 0.6 is 12.4 Å². The summed E-state index contributed by atoms with van der Waals surface area (Å²) in [6.07, 6.45) is 1.06. The van der Waals surface area contributed by atoms with Crippen molar-refractivity contribution in [2.75, 3.05) is 26.2 Å². The highest BCUT2D eigenvalue weighted by atomic mass is 35.5. The highest BCUT2D eigenvalue weighted by Crippen LogP contribution is 2.19. The number of ether oxygens (including phenoxy) is 1. The van der Waals surface area contributed by atoms with Crippen LogP contribution in [0.15, 0.2) is 39.5 Å². The first-order valence-electron chi connectivity index (χ1n) is 7.33. The molecular formula is C16H21ClN2O4. The number of amides is 1. The molecule has 0 radical (unpaired) electrons. The fourth-order valence-electron chi connectivity index (χ4n) is 1.92. The van der Waals surface area contributed by atoms with Crippen molar-refractivity contribution in [3.63, 3.8) is 0 Å². The van der Waals surface area contributed by atoms with E-state index in [0.717, 1.165) is 24.9 Å². The Labute approximate surface area is 140 Å². The summed E-state index contributed by atoms with van der Waals surface area (Å²) in [5, 5.41) is 6.75. The van der Waals surface area contributed by atoms with E-state index in [1.165, 1.54) is 6.07 Å². The molecule has 0 aliphatic carbocycles. The Morgan fingerprint density at radius 3 is 2.74 bits per heavy atom. The third kappa shape index (κ3) is 6.30. The first-order chi connectivity index (χ1) is 10.7. The Balaban J connectivity index is 0.00000264. The van der Waals surface area contributed by atoms with Crippen LogP contribution in [-0.2, 0) is 4.79 Å². The van der Waals surface area contributed by atoms with Crippen molar-refractivity contribution in [1.29, 1.82) is 0 Å². The Hall–Kier alpha value is -2.05. The van der Waals surface area contributed by atoms with Crippen LogP contribution in [0.4, 0.5) is 0 Å². The number of fused-ring (bicyclic) bond motifs is 1. The lowest BCUT2D eigenvalue weighted by atomic mass is 10.2. The van der Waals surface area contributed by atoms with Gasteiger partial charge in [0.15, 0.2) is 6.61 Å². The van der Waals surface area contributed by atoms with Gasteiger partial charge in [0.25, 0.3) is 5.91 Å². The minimum Gasteiger partial charge on any atom is -0.484 e. The number of rotatable bonds is 8. The van der Waals surface area contributed by atoms with Gasteiger partial charge < -0.3 is 19.8 Å². The Morgan fingerprint density at radius 1 is 1.17 bits per heavy atom. The fourth-order valence-corrected chi connectivity index (χ4v) is 1.92. The van der Waals surface area contributed by atoms with E-state index >= 15 is 0 Å². The second-order valence-electron chi connectivity index (χ2n) is 4.84. The van der Waals surface area contributed by atoms with Gasteiger partial charge in [-0.25, -0.2) is 4.79 Å². The lowest BCUT2D eigenvalue weighted by Gasteiger charge is -2.08. The molecule has 126 valence electrons. The van der Waals surface area contributed by atoms with E-state index in [-0.39, 0.29) is 24.9 Å². The van der Waals surface area contributed by atoms with Crippen LogP contribution in [0, 0.1) is 0 Å². The standard InChI is InChI=1S/C16H20N2O4.ClH/c1-2-7-17-8-9-18-15(19)11-21-13-5-3-12-4-6-16(20)22-14(12)10-13;/h3-6,10,17H,2,7-9,11H2,1H3,(H,18,19);1H. The molecule has 0 fully saturated rings. The minimum atomic E-state index is -0.415. The second kappa shape index (κ2) is 9.86. The summed E-state index contributed by atoms with van der Waals surface area (Å²) in [5.41, 5.74) is 0.0242. The number of halogens is 1. The molecule has 1 amide bonds. The lowest BCUT2D eigenvalue weighted by Crippen LogP contribution is -2.35. The molecule has 1 heterocycles. The highest BCUT2D eigenvalue weighted by Gasteiger charge is 2.04. The van der Waals surface area contributed by atoms with Gasteiger partial charge >= 0.3 is 5.63 Å². The van der Waals surface area contributed by atoms with Crippen molar-refractivity contribution < 1.29 is 13.9 Å². The zero-order valence-electron chi connectivity index (χ0n) is 13.0. The predicted octanol–water partition coefficient (Wildman–Crippen LogP) is 1.71. The summed E-state index contributed by atoms with van der Waals surface area (Å²) in [5.74, 6) is 0.300. The topological polar surface area (TPSA) is 80.6 Å². The van der Waals surface area contributed by atoms with Crippen molar-refractivity contribution in [3.8, 4) is 5.75 Å². The van der Waals surface area contributed by atoms with Crippen molar-refractivity contribution in [2.45, 2.75) is 13.3 Å². The molecule has 7 heteroatoms. The van der Waals surface area contributed by atoms with Gasteiger partial charge in [0.05, 0.1) is 0 Å². The molecule has 0 spiro atoms. The van der Waals surface area contributed by atoms with Crippen molar-refractivity contribution in [2.24, 2.45) is 0 Å². The maximum Gasteiger partial charge on any atom is 0.336 e. The number of carbonyl (C=O) groups excluding carboxylic acids is 1. The minimum absolute atomic E-state index is 0. The Kier molecular flexibility index (Phi) is 8.15. The predicted molar refractivity (Wildman–Crippen MR) is 91.4 cm³/mol. The smallest absolute Gasteiger partial charge is 0.336 e. The summed E-state index contributed by atoms with van der Waals surface area (Å²) in [7, 11) is 0. The number of nitrogens with one attached hydrogen (secondary N) is 2. The first kappa shape index (κ1) is 19.0. The van der Waals surface area contributed by atoms with Crippen LogP contribution in [0.25, 0.3) is 11.0 Å². The molecule has 0 unspecified atom stereocenters. The molecule has 0 aliphatic heterocycles. The van der Waals surface area contributed by atoms with Crippen LogP contribution in [0.2, 0.25) is 0 Å². The summed E-state index contributed by atoms with van der Waals surface area (Å²) in [6.45, 7) is 4.26. The van der Waals surface area contributed by atoms with Gasteiger partial charge in [-0.05, 0) is 31.2 Å². The third-order valence-electron chi connectivity index (χ3n) is 3.02. The van der Waals surface area contributed by atoms with Gasteiger partial charge in [0, 0.05) is 30.6 Å². The van der Waals surface area contributed by atoms with Gasteiger partial charge in [-0.3, -0.25) is 4.79 Å². The fraction of sp³-hybridized carbons (Fsp3) is 0.375. The van der Waals surface area contributed by atoms with E-state index in [1.54, 1.807) is 24.3 Å². The number of hydrogen-bond acceptors (Lipinski definition) is 5. The molecule has 1 aromatic heterocycles. The molecule has 0 saturated heterocycles. The molecule has 2 aromatic rings. The third-order valence-corrected chi connectivity index (χ3v) is 3.02. The molecule has 0 aliphatic rings. The number of benzene rings is 1. The van der Waals surface area contributed by atoms with Gasteiger partial charge in [0.2, 0.25) is 0 Å². The lowest BCUT2D eigenvalue weighted by molar-refractivity contribution is -0.123. The molecular weight excluding hydrogens is 320 g/mol. The second-order valence-corrected chi connectivity index (χ2v) is 4.84. The quantitative estimate of drug-likeness (QED) is 0.565. The number of hydrogen-bond donors (Lipinski definition) is 2. The van der Waals surface area contributed by atoms with Crippen molar-refractivity contribution in [3.05, 3.63) is 40.8 Å². The average molecular weight is 341 g/mol. The zero-order chi connectivity index (χ0) is 15.8. The maximum absolute atomic E-state index is 11.6. The van der Waals surface area contributed by atoms with E-state index in [2.05, 4.69) is 17.6 Å². The molecule has 23 heavy (non-hydrogen) atoms. The number of carbonyl (C=O) groups is 1. The van der Waals surface area contributed by atoms with E-state index in [4.69, 9.17) is 9.15 Å². The SMILES string of the molecule is CCCNCCNC(=O)COc1ccc2ccc(=O)oc2c1.Cl. The Bertz CT molecular complexity index is 687. The van der Waals surface area contributed by atoms with Gasteiger partial charge in [-0.1, -0.05) is 6.92 Å². The van der Waals surface area contributed by atoms with Crippen LogP contribution in [0.3, 0.4) is 0 Å². The highest BCUT2D eigenvalue weighted by molar-refractivity contribution is 5.85. The van der Waals surface area contributed by atoms with E-state index < -0.39 is 5.63 Å². The van der Waals surface area contributed by atoms with Gasteiger partial charge in [-0.15, -0.1) is 12.4 Å². The molecule has 1 aromatic carbocycles. The van der Waals surface area contributed by atoms with Crippen LogP contribution in [-0.4, -0.2) is 32.1 Å². The van der Waals surface area contributed by atoms with Gasteiger partial charge in [0.1, 0.15) is 11.3 Å². The molecule has 0 atom stereocenters. The molecule has 6 nitrogen and oxygen atoms in total. The zero-order valence-corrected chi connectivity index (χ0v) is 13.8. The first-order valence-corrected chi connectivity index (χ1v) is 7.33. The molecule has 0 saturated carbocycles. The van der Waals surface area contributed by atoms with Crippen LogP contribution in [0.5, 0.6) is 5.75 Å². The van der Waals surface area contributed by atoms with E-state index in [1.807, 2.05) is 0 Å². The largest absolute Gasteiger partial charge is 0.484 e. The van der Waals surface area contributed by atoms with E-state index in [9.17, 15) is 9.59 Å². The normalized spacial score (nSPS) is 10.1. The molecule has 2 N–H and O–H groups in total. The summed E-state index contributed by atoms with van der Waals surface area (Å²) >= 11 is 0. The van der Waals surface area contributed by atoms with E-state index in [0.29, 0.717) is 17.9 Å².